The smallest absolute Gasteiger partial charge is 0.308 e. The van der Waals surface area contributed by atoms with Crippen LogP contribution in [-0.4, -0.2) is 35.1 Å². The molecule has 1 aliphatic carbocycles. The summed E-state index contributed by atoms with van der Waals surface area (Å²) < 4.78 is 5.39. The lowest BCUT2D eigenvalue weighted by Gasteiger charge is -2.17. The molecule has 2 aromatic rings. The number of H-pyrrole nitrogens is 1. The number of carboxylic acids is 1. The van der Waals surface area contributed by atoms with E-state index < -0.39 is 23.4 Å². The molecule has 0 spiro atoms. The number of benzene rings is 1. The summed E-state index contributed by atoms with van der Waals surface area (Å²) in [5, 5.41) is 12.1. The van der Waals surface area contributed by atoms with Gasteiger partial charge in [-0.25, -0.2) is 0 Å². The summed E-state index contributed by atoms with van der Waals surface area (Å²) in [5.74, 6) is -1.62. The molecule has 3 rings (SSSR count). The van der Waals surface area contributed by atoms with Gasteiger partial charge in [0.1, 0.15) is 11.3 Å². The van der Waals surface area contributed by atoms with Crippen molar-refractivity contribution in [1.29, 1.82) is 0 Å². The Bertz CT molecular complexity index is 933. The Morgan fingerprint density at radius 1 is 1.21 bits per heavy atom. The molecule has 0 radical (unpaired) electrons. The van der Waals surface area contributed by atoms with Crippen molar-refractivity contribution < 1.29 is 19.4 Å². The highest BCUT2D eigenvalue weighted by atomic mass is 16.5. The second-order valence-electron chi connectivity index (χ2n) is 7.25. The van der Waals surface area contributed by atoms with Crippen molar-refractivity contribution in [3.63, 3.8) is 0 Å². The van der Waals surface area contributed by atoms with Crippen LogP contribution in [0.4, 0.5) is 0 Å². The third-order valence-corrected chi connectivity index (χ3v) is 5.16. The number of carbonyl (C=O) groups is 2. The fraction of sp³-hybridized carbons (Fsp3) is 0.409. The number of fused-ring (bicyclic) bond motifs is 1. The maximum Gasteiger partial charge on any atom is 0.308 e. The standard InChI is InChI=1S/C22H26N2O5/c1-2-29-17-9-7-14(8-10-17)11-16(22(27)28)13-23-20(25)18-12-15-5-3-4-6-19(15)24-21(18)26/h7-10,12,16H,2-6,11,13H2,1H3,(H,23,25)(H,24,26)(H,27,28). The van der Waals surface area contributed by atoms with Crippen molar-refractivity contribution in [1.82, 2.24) is 10.3 Å². The molecule has 1 aliphatic rings. The van der Waals surface area contributed by atoms with Gasteiger partial charge in [0.2, 0.25) is 0 Å². The minimum Gasteiger partial charge on any atom is -0.494 e. The number of ether oxygens (including phenoxy) is 1. The number of aromatic nitrogens is 1. The van der Waals surface area contributed by atoms with Gasteiger partial charge in [-0.05, 0) is 68.4 Å². The van der Waals surface area contributed by atoms with Gasteiger partial charge >= 0.3 is 5.97 Å². The zero-order valence-corrected chi connectivity index (χ0v) is 16.5. The topological polar surface area (TPSA) is 108 Å². The first-order valence-electron chi connectivity index (χ1n) is 9.95. The summed E-state index contributed by atoms with van der Waals surface area (Å²) in [4.78, 5) is 39.2. The van der Waals surface area contributed by atoms with Crippen LogP contribution in [0.3, 0.4) is 0 Å². The van der Waals surface area contributed by atoms with E-state index in [1.807, 2.05) is 19.1 Å². The van der Waals surface area contributed by atoms with Gasteiger partial charge in [-0.1, -0.05) is 12.1 Å². The lowest BCUT2D eigenvalue weighted by Crippen LogP contribution is -2.37. The number of carboxylic acid groups (broad SMARTS) is 1. The number of rotatable bonds is 8. The number of aryl methyl sites for hydroxylation is 2. The third kappa shape index (κ3) is 5.25. The summed E-state index contributed by atoms with van der Waals surface area (Å²) >= 11 is 0. The number of aliphatic carboxylic acids is 1. The lowest BCUT2D eigenvalue weighted by molar-refractivity contribution is -0.141. The molecule has 0 saturated heterocycles. The zero-order valence-electron chi connectivity index (χ0n) is 16.5. The summed E-state index contributed by atoms with van der Waals surface area (Å²) in [6, 6.07) is 8.87. The van der Waals surface area contributed by atoms with Crippen molar-refractivity contribution in [2.75, 3.05) is 13.2 Å². The molecular formula is C22H26N2O5. The van der Waals surface area contributed by atoms with Crippen LogP contribution in [-0.2, 0) is 24.1 Å². The Morgan fingerprint density at radius 3 is 2.62 bits per heavy atom. The van der Waals surface area contributed by atoms with Crippen LogP contribution in [0, 0.1) is 5.92 Å². The fourth-order valence-electron chi connectivity index (χ4n) is 3.57. The van der Waals surface area contributed by atoms with Crippen LogP contribution < -0.4 is 15.6 Å². The first kappa shape index (κ1) is 20.6. The summed E-state index contributed by atoms with van der Waals surface area (Å²) in [5.41, 5.74) is 2.33. The van der Waals surface area contributed by atoms with E-state index in [0.29, 0.717) is 6.61 Å². The van der Waals surface area contributed by atoms with Crippen LogP contribution in [0.5, 0.6) is 5.75 Å². The normalized spacial score (nSPS) is 14.0. The molecule has 0 aliphatic heterocycles. The predicted molar refractivity (Wildman–Crippen MR) is 108 cm³/mol. The van der Waals surface area contributed by atoms with E-state index in [2.05, 4.69) is 10.3 Å². The molecule has 29 heavy (non-hydrogen) atoms. The number of hydrogen-bond donors (Lipinski definition) is 3. The molecule has 1 unspecified atom stereocenters. The summed E-state index contributed by atoms with van der Waals surface area (Å²) in [6.07, 6.45) is 3.98. The molecule has 1 aromatic heterocycles. The van der Waals surface area contributed by atoms with Crippen molar-refractivity contribution in [2.45, 2.75) is 39.0 Å². The van der Waals surface area contributed by atoms with Crippen molar-refractivity contribution >= 4 is 11.9 Å². The van der Waals surface area contributed by atoms with Crippen LogP contribution in [0.1, 0.15) is 46.9 Å². The second-order valence-corrected chi connectivity index (χ2v) is 7.25. The average molecular weight is 398 g/mol. The van der Waals surface area contributed by atoms with Gasteiger partial charge in [-0.2, -0.15) is 0 Å². The van der Waals surface area contributed by atoms with Crippen LogP contribution in [0.15, 0.2) is 35.1 Å². The molecule has 0 fully saturated rings. The highest BCUT2D eigenvalue weighted by Gasteiger charge is 2.21. The Kier molecular flexibility index (Phi) is 6.69. The Labute approximate surface area is 169 Å². The molecule has 0 saturated carbocycles. The molecule has 1 aromatic carbocycles. The second kappa shape index (κ2) is 9.41. The number of nitrogens with one attached hydrogen (secondary N) is 2. The maximum absolute atomic E-state index is 12.5. The van der Waals surface area contributed by atoms with E-state index in [-0.39, 0.29) is 18.5 Å². The fourth-order valence-corrected chi connectivity index (χ4v) is 3.57. The van der Waals surface area contributed by atoms with E-state index in [9.17, 15) is 19.5 Å². The maximum atomic E-state index is 12.5. The van der Waals surface area contributed by atoms with Crippen LogP contribution in [0.2, 0.25) is 0 Å². The summed E-state index contributed by atoms with van der Waals surface area (Å²) in [7, 11) is 0. The molecule has 7 nitrogen and oxygen atoms in total. The van der Waals surface area contributed by atoms with Gasteiger partial charge in [-0.15, -0.1) is 0 Å². The highest BCUT2D eigenvalue weighted by molar-refractivity contribution is 5.94. The highest BCUT2D eigenvalue weighted by Crippen LogP contribution is 2.19. The number of pyridine rings is 1. The molecule has 3 N–H and O–H groups in total. The monoisotopic (exact) mass is 398 g/mol. The van der Waals surface area contributed by atoms with Crippen LogP contribution >= 0.6 is 0 Å². The van der Waals surface area contributed by atoms with Crippen LogP contribution in [0.25, 0.3) is 0 Å². The van der Waals surface area contributed by atoms with Gasteiger partial charge in [0.05, 0.1) is 12.5 Å². The van der Waals surface area contributed by atoms with E-state index in [4.69, 9.17) is 4.74 Å². The van der Waals surface area contributed by atoms with E-state index >= 15 is 0 Å². The van der Waals surface area contributed by atoms with Gasteiger partial charge in [0.25, 0.3) is 11.5 Å². The number of amides is 1. The van der Waals surface area contributed by atoms with Gasteiger partial charge in [-0.3, -0.25) is 14.4 Å². The Balaban J connectivity index is 1.65. The van der Waals surface area contributed by atoms with E-state index in [1.54, 1.807) is 18.2 Å². The minimum absolute atomic E-state index is 0.0378. The van der Waals surface area contributed by atoms with Crippen molar-refractivity contribution in [2.24, 2.45) is 5.92 Å². The quantitative estimate of drug-likeness (QED) is 0.632. The molecule has 0 bridgehead atoms. The average Bonchev–Trinajstić information content (AvgIpc) is 2.71. The molecular weight excluding hydrogens is 372 g/mol. The predicted octanol–water partition coefficient (Wildman–Crippen LogP) is 2.33. The summed E-state index contributed by atoms with van der Waals surface area (Å²) in [6.45, 7) is 2.40. The molecule has 1 atom stereocenters. The van der Waals surface area contributed by atoms with Crippen molar-refractivity contribution in [3.05, 3.63) is 63.1 Å². The number of aromatic amines is 1. The third-order valence-electron chi connectivity index (χ3n) is 5.16. The number of carbonyl (C=O) groups excluding carboxylic acids is 1. The zero-order chi connectivity index (χ0) is 20.8. The first-order chi connectivity index (χ1) is 14.0. The molecule has 1 heterocycles. The van der Waals surface area contributed by atoms with Gasteiger partial charge < -0.3 is 20.1 Å². The number of hydrogen-bond acceptors (Lipinski definition) is 4. The largest absolute Gasteiger partial charge is 0.494 e. The van der Waals surface area contributed by atoms with Crippen molar-refractivity contribution in [3.8, 4) is 5.75 Å². The van der Waals surface area contributed by atoms with Gasteiger partial charge in [0.15, 0.2) is 0 Å². The molecule has 7 heteroatoms. The van der Waals surface area contributed by atoms with E-state index in [1.165, 1.54) is 0 Å². The Hall–Kier alpha value is -3.09. The van der Waals surface area contributed by atoms with Gasteiger partial charge in [0, 0.05) is 12.2 Å². The SMILES string of the molecule is CCOc1ccc(CC(CNC(=O)c2cc3c([nH]c2=O)CCCC3)C(=O)O)cc1. The molecule has 154 valence electrons. The molecule has 1 amide bonds. The Morgan fingerprint density at radius 2 is 1.93 bits per heavy atom. The minimum atomic E-state index is -1.00. The first-order valence-corrected chi connectivity index (χ1v) is 9.95. The van der Waals surface area contributed by atoms with E-state index in [0.717, 1.165) is 48.3 Å². The lowest BCUT2D eigenvalue weighted by atomic mass is 9.95.